The van der Waals surface area contributed by atoms with Crippen LogP contribution < -0.4 is 9.64 Å². The molecule has 1 N–H and O–H groups in total. The molecule has 1 saturated carbocycles. The molecule has 222 valence electrons. The summed E-state index contributed by atoms with van der Waals surface area (Å²) in [5, 5.41) is 21.6. The van der Waals surface area contributed by atoms with Crippen LogP contribution in [0.15, 0.2) is 59.2 Å². The lowest BCUT2D eigenvalue weighted by molar-refractivity contribution is -0.384. The molecule has 1 aliphatic heterocycles. The molecule has 2 aromatic carbocycles. The Morgan fingerprint density at radius 2 is 1.72 bits per heavy atom. The summed E-state index contributed by atoms with van der Waals surface area (Å²) in [5.74, 6) is -4.84. The maximum atomic E-state index is 14.1. The summed E-state index contributed by atoms with van der Waals surface area (Å²) < 4.78 is 5.37. The molecule has 2 amide bonds. The molecule has 2 aromatic rings. The molecule has 4 aliphatic rings. The molecular formula is C32H29ClN2O8. The van der Waals surface area contributed by atoms with E-state index in [-0.39, 0.29) is 52.3 Å². The largest absolute Gasteiger partial charge is 0.503 e. The number of Topliss-reactive ketones (excluding diaryl/α,β-unsaturated/α-hetero) is 2. The number of nitro groups is 1. The molecule has 43 heavy (non-hydrogen) atoms. The number of phenolic OH excluding ortho intramolecular Hbond substituents is 1. The second-order valence-corrected chi connectivity index (χ2v) is 12.4. The van der Waals surface area contributed by atoms with Crippen LogP contribution in [0.4, 0.5) is 11.4 Å². The fourth-order valence-electron chi connectivity index (χ4n) is 7.85. The Hall–Kier alpha value is -4.31. The van der Waals surface area contributed by atoms with Crippen LogP contribution in [0.1, 0.15) is 45.1 Å². The fraction of sp³-hybridized carbons (Fsp3) is 0.375. The van der Waals surface area contributed by atoms with Gasteiger partial charge in [-0.3, -0.25) is 34.2 Å². The molecule has 6 atom stereocenters. The van der Waals surface area contributed by atoms with Crippen molar-refractivity contribution in [3.05, 3.63) is 79.9 Å². The highest BCUT2D eigenvalue weighted by Gasteiger charge is 2.64. The van der Waals surface area contributed by atoms with Gasteiger partial charge in [0.15, 0.2) is 23.1 Å². The van der Waals surface area contributed by atoms with Crippen LogP contribution in [0.3, 0.4) is 0 Å². The highest BCUT2D eigenvalue weighted by Crippen LogP contribution is 2.63. The van der Waals surface area contributed by atoms with Gasteiger partial charge in [0, 0.05) is 24.0 Å². The molecule has 1 saturated heterocycles. The Morgan fingerprint density at radius 1 is 1.05 bits per heavy atom. The number of imide groups is 1. The first kappa shape index (κ1) is 28.8. The number of fused-ring (bicyclic) bond motifs is 4. The van der Waals surface area contributed by atoms with Crippen molar-refractivity contribution in [1.29, 1.82) is 0 Å². The Morgan fingerprint density at radius 3 is 2.35 bits per heavy atom. The molecule has 0 aromatic heterocycles. The number of rotatable bonds is 4. The number of non-ortho nitro benzene ring substituents is 1. The van der Waals surface area contributed by atoms with Gasteiger partial charge in [0.1, 0.15) is 0 Å². The standard InChI is InChI=1S/C32H29ClN2O8/c1-14-15(2)29(38)32(3)22(27(14)36)13-21-19(26(32)16-11-23(33)28(37)24(12-16)43-4)9-10-20-25(21)31(40)34(30(20)39)17-5-7-18(8-6-17)35(41)42/h5-9,11-12,20-22,25-26,37H,10,13H2,1-4H3/t20-,21+,22-,25-,26-,32+/m0/s1. The van der Waals surface area contributed by atoms with Crippen LogP contribution in [0.25, 0.3) is 0 Å². The monoisotopic (exact) mass is 604 g/mol. The average Bonchev–Trinajstić information content (AvgIpc) is 3.25. The number of methoxy groups -OCH3 is 1. The van der Waals surface area contributed by atoms with E-state index in [1.165, 1.54) is 31.4 Å². The molecule has 3 aliphatic carbocycles. The molecule has 2 fully saturated rings. The number of carbonyl (C=O) groups excluding carboxylic acids is 4. The summed E-state index contributed by atoms with van der Waals surface area (Å²) in [6.45, 7) is 5.07. The smallest absolute Gasteiger partial charge is 0.269 e. The van der Waals surface area contributed by atoms with E-state index in [0.29, 0.717) is 16.7 Å². The Balaban J connectivity index is 1.50. The van der Waals surface area contributed by atoms with E-state index >= 15 is 0 Å². The van der Waals surface area contributed by atoms with Crippen molar-refractivity contribution in [2.24, 2.45) is 29.1 Å². The normalized spacial score (nSPS) is 30.1. The topological polar surface area (TPSA) is 144 Å². The lowest BCUT2D eigenvalue weighted by Crippen LogP contribution is -2.55. The van der Waals surface area contributed by atoms with Crippen LogP contribution in [0.5, 0.6) is 11.5 Å². The predicted molar refractivity (Wildman–Crippen MR) is 156 cm³/mol. The van der Waals surface area contributed by atoms with E-state index in [4.69, 9.17) is 16.3 Å². The van der Waals surface area contributed by atoms with E-state index < -0.39 is 51.7 Å². The molecule has 11 heteroatoms. The van der Waals surface area contributed by atoms with Crippen LogP contribution in [-0.4, -0.2) is 40.5 Å². The Bertz CT molecular complexity index is 1710. The third-order valence-electron chi connectivity index (χ3n) is 10.1. The summed E-state index contributed by atoms with van der Waals surface area (Å²) in [4.78, 5) is 67.4. The number of ether oxygens (including phenoxy) is 1. The molecule has 0 radical (unpaired) electrons. The summed E-state index contributed by atoms with van der Waals surface area (Å²) in [7, 11) is 1.38. The summed E-state index contributed by atoms with van der Waals surface area (Å²) >= 11 is 6.42. The van der Waals surface area contributed by atoms with Gasteiger partial charge in [0.2, 0.25) is 11.8 Å². The van der Waals surface area contributed by atoms with Gasteiger partial charge < -0.3 is 9.84 Å². The number of phenols is 1. The average molecular weight is 605 g/mol. The number of benzene rings is 2. The number of allylic oxidation sites excluding steroid dienone is 4. The molecule has 0 bridgehead atoms. The molecule has 6 rings (SSSR count). The third-order valence-corrected chi connectivity index (χ3v) is 10.4. The van der Waals surface area contributed by atoms with Crippen LogP contribution in [0.2, 0.25) is 5.02 Å². The molecule has 0 spiro atoms. The highest BCUT2D eigenvalue weighted by molar-refractivity contribution is 6.32. The number of halogens is 1. The fourth-order valence-corrected chi connectivity index (χ4v) is 8.07. The van der Waals surface area contributed by atoms with Crippen molar-refractivity contribution in [3.63, 3.8) is 0 Å². The minimum Gasteiger partial charge on any atom is -0.503 e. The van der Waals surface area contributed by atoms with Crippen LogP contribution >= 0.6 is 11.6 Å². The second-order valence-electron chi connectivity index (χ2n) is 12.0. The number of carbonyl (C=O) groups is 4. The Kier molecular flexibility index (Phi) is 6.61. The highest BCUT2D eigenvalue weighted by atomic mass is 35.5. The number of nitro benzene ring substituents is 1. The van der Waals surface area contributed by atoms with Gasteiger partial charge in [-0.1, -0.05) is 30.2 Å². The zero-order valence-corrected chi connectivity index (χ0v) is 24.7. The molecule has 0 unspecified atom stereocenters. The summed E-state index contributed by atoms with van der Waals surface area (Å²) in [5.41, 5.74) is 0.944. The maximum absolute atomic E-state index is 14.1. The number of hydrogen-bond acceptors (Lipinski definition) is 8. The van der Waals surface area contributed by atoms with E-state index in [2.05, 4.69) is 0 Å². The van der Waals surface area contributed by atoms with Crippen molar-refractivity contribution in [3.8, 4) is 11.5 Å². The minimum absolute atomic E-state index is 0.0143. The lowest BCUT2D eigenvalue weighted by Gasteiger charge is -2.54. The van der Waals surface area contributed by atoms with E-state index in [1.807, 2.05) is 6.08 Å². The van der Waals surface area contributed by atoms with Gasteiger partial charge in [0.25, 0.3) is 5.69 Å². The van der Waals surface area contributed by atoms with Crippen molar-refractivity contribution in [2.45, 2.75) is 39.5 Å². The number of amides is 2. The maximum Gasteiger partial charge on any atom is 0.269 e. The SMILES string of the molecule is COc1cc([C@H]2C3=CC[C@@H]4C(=O)N(c5ccc([N+](=O)[O-])cc5)C(=O)[C@@H]4[C@@H]3C[C@H]3C(=O)C(C)=C(C)C(=O)[C@@]23C)cc(Cl)c1O. The molecule has 10 nitrogen and oxygen atoms in total. The number of anilines is 1. The lowest BCUT2D eigenvalue weighted by atomic mass is 9.46. The summed E-state index contributed by atoms with van der Waals surface area (Å²) in [6, 6.07) is 8.42. The predicted octanol–water partition coefficient (Wildman–Crippen LogP) is 5.31. The van der Waals surface area contributed by atoms with Gasteiger partial charge in [-0.05, 0) is 73.6 Å². The van der Waals surface area contributed by atoms with Crippen molar-refractivity contribution in [1.82, 2.24) is 0 Å². The first-order valence-corrected chi connectivity index (χ1v) is 14.4. The van der Waals surface area contributed by atoms with E-state index in [9.17, 15) is 34.4 Å². The number of ketones is 2. The van der Waals surface area contributed by atoms with Gasteiger partial charge in [-0.15, -0.1) is 0 Å². The van der Waals surface area contributed by atoms with Crippen LogP contribution in [0, 0.1) is 39.2 Å². The van der Waals surface area contributed by atoms with Crippen LogP contribution in [-0.2, 0) is 19.2 Å². The zero-order valence-electron chi connectivity index (χ0n) is 23.9. The quantitative estimate of drug-likeness (QED) is 0.214. The zero-order chi connectivity index (χ0) is 31.1. The van der Waals surface area contributed by atoms with E-state index in [1.54, 1.807) is 32.9 Å². The molecular weight excluding hydrogens is 576 g/mol. The minimum atomic E-state index is -1.22. The van der Waals surface area contributed by atoms with Crippen molar-refractivity contribution in [2.75, 3.05) is 12.0 Å². The second kappa shape index (κ2) is 9.87. The first-order valence-electron chi connectivity index (χ1n) is 14.0. The third kappa shape index (κ3) is 3.92. The van der Waals surface area contributed by atoms with Gasteiger partial charge in [0.05, 0.1) is 40.0 Å². The van der Waals surface area contributed by atoms with Gasteiger partial charge >= 0.3 is 0 Å². The Labute approximate surface area is 252 Å². The van der Waals surface area contributed by atoms with E-state index in [0.717, 1.165) is 10.5 Å². The molecule has 1 heterocycles. The van der Waals surface area contributed by atoms with Gasteiger partial charge in [-0.2, -0.15) is 0 Å². The number of aromatic hydroxyl groups is 1. The van der Waals surface area contributed by atoms with Gasteiger partial charge in [-0.25, -0.2) is 0 Å². The first-order chi connectivity index (χ1) is 20.3. The number of hydrogen-bond donors (Lipinski definition) is 1. The number of nitrogens with zero attached hydrogens (tertiary/aromatic N) is 2. The van der Waals surface area contributed by atoms with Crippen molar-refractivity contribution >= 4 is 46.4 Å². The summed E-state index contributed by atoms with van der Waals surface area (Å²) in [6.07, 6.45) is 2.35. The van der Waals surface area contributed by atoms with Crippen molar-refractivity contribution < 1.29 is 33.9 Å².